The molecular weight excluding hydrogens is 484 g/mol. The van der Waals surface area contributed by atoms with Crippen LogP contribution in [-0.4, -0.2) is 85.1 Å². The van der Waals surface area contributed by atoms with Crippen molar-refractivity contribution in [1.82, 2.24) is 14.9 Å². The highest BCUT2D eigenvalue weighted by Gasteiger charge is 2.40. The van der Waals surface area contributed by atoms with Crippen LogP contribution < -0.4 is 9.64 Å². The van der Waals surface area contributed by atoms with Gasteiger partial charge >= 0.3 is 5.97 Å². The van der Waals surface area contributed by atoms with Crippen molar-refractivity contribution >= 4 is 11.9 Å². The number of ether oxygens (including phenoxy) is 4. The Labute approximate surface area is 226 Å². The fourth-order valence-corrected chi connectivity index (χ4v) is 5.02. The number of likely N-dealkylation sites (tertiary alicyclic amines) is 1. The van der Waals surface area contributed by atoms with Gasteiger partial charge in [0.2, 0.25) is 11.8 Å². The van der Waals surface area contributed by atoms with Crippen LogP contribution in [0, 0.1) is 0 Å². The Morgan fingerprint density at radius 2 is 1.89 bits per heavy atom. The van der Waals surface area contributed by atoms with E-state index in [-0.39, 0.29) is 18.0 Å². The molecule has 208 valence electrons. The first kappa shape index (κ1) is 28.3. The molecule has 2 aliphatic rings. The van der Waals surface area contributed by atoms with Crippen LogP contribution in [0.2, 0.25) is 0 Å². The number of anilines is 1. The highest BCUT2D eigenvalue weighted by molar-refractivity contribution is 5.69. The van der Waals surface area contributed by atoms with Gasteiger partial charge in [-0.3, -0.25) is 9.69 Å². The van der Waals surface area contributed by atoms with Gasteiger partial charge < -0.3 is 23.8 Å². The lowest BCUT2D eigenvalue weighted by atomic mass is 9.89. The van der Waals surface area contributed by atoms with Crippen molar-refractivity contribution in [3.8, 4) is 5.88 Å². The molecule has 0 N–H and O–H groups in total. The number of hydrogen-bond acceptors (Lipinski definition) is 9. The molecular formula is C29H42N4O5. The summed E-state index contributed by atoms with van der Waals surface area (Å²) in [6, 6.07) is 10.5. The lowest BCUT2D eigenvalue weighted by molar-refractivity contribution is -0.156. The molecule has 0 radical (unpaired) electrons. The van der Waals surface area contributed by atoms with Gasteiger partial charge in [-0.1, -0.05) is 24.3 Å². The SMILES string of the molecule is COc1ccnc(N2CCOC3(CCN(Cc4cccc(CCOCCC(=O)OC(C)(C)C)c4)CC3)C2)n1. The van der Waals surface area contributed by atoms with Crippen LogP contribution >= 0.6 is 0 Å². The van der Waals surface area contributed by atoms with Gasteiger partial charge in [0.05, 0.1) is 45.5 Å². The smallest absolute Gasteiger partial charge is 0.308 e. The predicted molar refractivity (Wildman–Crippen MR) is 145 cm³/mol. The third-order valence-corrected chi connectivity index (χ3v) is 6.93. The fraction of sp³-hybridized carbons (Fsp3) is 0.621. The number of esters is 1. The van der Waals surface area contributed by atoms with Crippen molar-refractivity contribution in [3.63, 3.8) is 0 Å². The molecule has 1 aromatic heterocycles. The molecule has 0 unspecified atom stereocenters. The zero-order valence-corrected chi connectivity index (χ0v) is 23.3. The van der Waals surface area contributed by atoms with Crippen molar-refractivity contribution in [2.75, 3.05) is 58.0 Å². The van der Waals surface area contributed by atoms with E-state index in [1.54, 1.807) is 19.4 Å². The van der Waals surface area contributed by atoms with Gasteiger partial charge in [-0.05, 0) is 51.2 Å². The Morgan fingerprint density at radius 1 is 1.11 bits per heavy atom. The third kappa shape index (κ3) is 8.38. The molecule has 1 spiro atoms. The largest absolute Gasteiger partial charge is 0.481 e. The summed E-state index contributed by atoms with van der Waals surface area (Å²) in [5, 5.41) is 0. The number of piperidine rings is 1. The van der Waals surface area contributed by atoms with Crippen LogP contribution in [0.25, 0.3) is 0 Å². The van der Waals surface area contributed by atoms with Crippen molar-refractivity contribution in [1.29, 1.82) is 0 Å². The van der Waals surface area contributed by atoms with Crippen LogP contribution in [0.1, 0.15) is 51.2 Å². The molecule has 38 heavy (non-hydrogen) atoms. The topological polar surface area (TPSA) is 86.2 Å². The maximum absolute atomic E-state index is 11.8. The fourth-order valence-electron chi connectivity index (χ4n) is 5.02. The van der Waals surface area contributed by atoms with Gasteiger partial charge in [-0.15, -0.1) is 0 Å². The summed E-state index contributed by atoms with van der Waals surface area (Å²) in [6.45, 7) is 11.8. The third-order valence-electron chi connectivity index (χ3n) is 6.93. The molecule has 3 heterocycles. The Bertz CT molecular complexity index is 1050. The first-order chi connectivity index (χ1) is 18.2. The maximum atomic E-state index is 11.8. The highest BCUT2D eigenvalue weighted by atomic mass is 16.6. The first-order valence-corrected chi connectivity index (χ1v) is 13.6. The molecule has 0 amide bonds. The summed E-state index contributed by atoms with van der Waals surface area (Å²) in [6.07, 6.45) is 4.82. The molecule has 0 saturated carbocycles. The standard InChI is InChI=1S/C29H42N4O5/c1-28(2,3)38-26(34)10-18-36-17-9-23-6-5-7-24(20-23)21-32-14-11-29(12-15-32)22-33(16-19-37-29)27-30-13-8-25(31-27)35-4/h5-8,13,20H,9-12,14-19,21-22H2,1-4H3. The molecule has 2 aliphatic heterocycles. The van der Waals surface area contributed by atoms with Gasteiger partial charge in [-0.2, -0.15) is 4.98 Å². The summed E-state index contributed by atoms with van der Waals surface area (Å²) in [7, 11) is 1.63. The number of morpholine rings is 1. The van der Waals surface area contributed by atoms with E-state index in [4.69, 9.17) is 18.9 Å². The lowest BCUT2D eigenvalue weighted by Crippen LogP contribution is -2.57. The number of carbonyl (C=O) groups excluding carboxylic acids is 1. The summed E-state index contributed by atoms with van der Waals surface area (Å²) in [5.74, 6) is 1.07. The highest BCUT2D eigenvalue weighted by Crippen LogP contribution is 2.32. The van der Waals surface area contributed by atoms with Crippen LogP contribution in [-0.2, 0) is 32.0 Å². The Hall–Kier alpha value is -2.75. The van der Waals surface area contributed by atoms with Crippen LogP contribution in [0.5, 0.6) is 5.88 Å². The maximum Gasteiger partial charge on any atom is 0.308 e. The summed E-state index contributed by atoms with van der Waals surface area (Å²) >= 11 is 0. The summed E-state index contributed by atoms with van der Waals surface area (Å²) in [5.41, 5.74) is 1.95. The molecule has 0 bridgehead atoms. The molecule has 0 aliphatic carbocycles. The second kappa shape index (κ2) is 12.9. The summed E-state index contributed by atoms with van der Waals surface area (Å²) in [4.78, 5) is 25.5. The Morgan fingerprint density at radius 3 is 2.66 bits per heavy atom. The number of aromatic nitrogens is 2. The van der Waals surface area contributed by atoms with Crippen LogP contribution in [0.3, 0.4) is 0 Å². The molecule has 1 aromatic carbocycles. The molecule has 2 saturated heterocycles. The quantitative estimate of drug-likeness (QED) is 0.340. The lowest BCUT2D eigenvalue weighted by Gasteiger charge is -2.47. The Kier molecular flexibility index (Phi) is 9.57. The average Bonchev–Trinajstić information content (AvgIpc) is 2.89. The van der Waals surface area contributed by atoms with E-state index >= 15 is 0 Å². The molecule has 0 atom stereocenters. The number of hydrogen-bond donors (Lipinski definition) is 0. The van der Waals surface area contributed by atoms with E-state index in [1.807, 2.05) is 20.8 Å². The molecule has 4 rings (SSSR count). The molecule has 9 nitrogen and oxygen atoms in total. The number of nitrogens with zero attached hydrogens (tertiary/aromatic N) is 4. The number of benzene rings is 1. The normalized spacial score (nSPS) is 17.9. The van der Waals surface area contributed by atoms with Gasteiger partial charge in [0.25, 0.3) is 0 Å². The van der Waals surface area contributed by atoms with Gasteiger partial charge in [-0.25, -0.2) is 4.98 Å². The number of carbonyl (C=O) groups is 1. The molecule has 2 fully saturated rings. The van der Waals surface area contributed by atoms with Gasteiger partial charge in [0, 0.05) is 38.4 Å². The molecule has 2 aromatic rings. The van der Waals surface area contributed by atoms with Gasteiger partial charge in [0.1, 0.15) is 5.60 Å². The minimum atomic E-state index is -0.456. The van der Waals surface area contributed by atoms with Crippen molar-refractivity contribution in [3.05, 3.63) is 47.7 Å². The zero-order chi connectivity index (χ0) is 27.0. The second-order valence-electron chi connectivity index (χ2n) is 11.1. The Balaban J connectivity index is 1.20. The van der Waals surface area contributed by atoms with Crippen LogP contribution in [0.15, 0.2) is 36.5 Å². The van der Waals surface area contributed by atoms with Crippen molar-refractivity contribution in [2.45, 2.75) is 64.2 Å². The van der Waals surface area contributed by atoms with E-state index in [9.17, 15) is 4.79 Å². The van der Waals surface area contributed by atoms with Crippen LogP contribution in [0.4, 0.5) is 5.95 Å². The number of rotatable bonds is 10. The van der Waals surface area contributed by atoms with Gasteiger partial charge in [0.15, 0.2) is 0 Å². The minimum Gasteiger partial charge on any atom is -0.481 e. The van der Waals surface area contributed by atoms with E-state index < -0.39 is 5.60 Å². The number of methoxy groups -OCH3 is 1. The predicted octanol–water partition coefficient (Wildman–Crippen LogP) is 3.65. The van der Waals surface area contributed by atoms with Crippen molar-refractivity contribution < 1.29 is 23.7 Å². The first-order valence-electron chi connectivity index (χ1n) is 13.6. The van der Waals surface area contributed by atoms with Crippen molar-refractivity contribution in [2.24, 2.45) is 0 Å². The molecule has 9 heteroatoms. The monoisotopic (exact) mass is 526 g/mol. The zero-order valence-electron chi connectivity index (χ0n) is 23.3. The van der Waals surface area contributed by atoms with E-state index in [2.05, 4.69) is 44.0 Å². The minimum absolute atomic E-state index is 0.153. The van der Waals surface area contributed by atoms with E-state index in [1.165, 1.54) is 11.1 Å². The summed E-state index contributed by atoms with van der Waals surface area (Å²) < 4.78 is 22.6. The van der Waals surface area contributed by atoms with E-state index in [0.29, 0.717) is 31.6 Å². The average molecular weight is 527 g/mol. The van der Waals surface area contributed by atoms with E-state index in [0.717, 1.165) is 52.0 Å². The second-order valence-corrected chi connectivity index (χ2v) is 11.1.